The van der Waals surface area contributed by atoms with Crippen LogP contribution in [0, 0.1) is 0 Å². The van der Waals surface area contributed by atoms with Gasteiger partial charge in [0.25, 0.3) is 0 Å². The van der Waals surface area contributed by atoms with Crippen LogP contribution < -0.4 is 0 Å². The molecule has 9 aromatic carbocycles. The van der Waals surface area contributed by atoms with Gasteiger partial charge in [-0.25, -0.2) is 9.97 Å². The van der Waals surface area contributed by atoms with Crippen LogP contribution in [0.3, 0.4) is 0 Å². The van der Waals surface area contributed by atoms with Crippen molar-refractivity contribution in [3.8, 4) is 22.9 Å². The van der Waals surface area contributed by atoms with Crippen LogP contribution in [0.25, 0.3) is 110 Å². The maximum absolute atomic E-state index is 5.40. The summed E-state index contributed by atoms with van der Waals surface area (Å²) in [7, 11) is 0. The number of nitrogens with zero attached hydrogens (tertiary/aromatic N) is 4. The second kappa shape index (κ2) is 11.1. The third-order valence-corrected chi connectivity index (χ3v) is 11.3. The molecule has 0 fully saturated rings. The predicted molar refractivity (Wildman–Crippen MR) is 226 cm³/mol. The molecule has 12 rings (SSSR count). The summed E-state index contributed by atoms with van der Waals surface area (Å²) in [5.74, 6) is 0.660. The highest BCUT2D eigenvalue weighted by molar-refractivity contribution is 6.22. The third-order valence-electron chi connectivity index (χ3n) is 11.3. The molecule has 3 aromatic heterocycles. The van der Waals surface area contributed by atoms with E-state index in [2.05, 4.69) is 191 Å². The average molecular weight is 687 g/mol. The van der Waals surface area contributed by atoms with Crippen LogP contribution in [0.2, 0.25) is 0 Å². The summed E-state index contributed by atoms with van der Waals surface area (Å²) >= 11 is 0. The highest BCUT2D eigenvalue weighted by Gasteiger charge is 2.20. The zero-order valence-electron chi connectivity index (χ0n) is 29.1. The fourth-order valence-corrected chi connectivity index (χ4v) is 8.85. The summed E-state index contributed by atoms with van der Waals surface area (Å²) in [5.41, 5.74) is 8.63. The summed E-state index contributed by atoms with van der Waals surface area (Å²) in [5, 5.41) is 13.2. The van der Waals surface area contributed by atoms with Crippen LogP contribution in [-0.2, 0) is 0 Å². The fourth-order valence-electron chi connectivity index (χ4n) is 8.85. The van der Waals surface area contributed by atoms with E-state index in [0.717, 1.165) is 38.9 Å². The Morgan fingerprint density at radius 1 is 0.352 bits per heavy atom. The van der Waals surface area contributed by atoms with Crippen molar-refractivity contribution in [3.05, 3.63) is 182 Å². The minimum atomic E-state index is 0.660. The van der Waals surface area contributed by atoms with E-state index in [1.54, 1.807) is 0 Å². The Hall–Kier alpha value is -7.30. The van der Waals surface area contributed by atoms with Gasteiger partial charge >= 0.3 is 0 Å². The Labute approximate surface area is 309 Å². The summed E-state index contributed by atoms with van der Waals surface area (Å²) < 4.78 is 4.70. The maximum atomic E-state index is 5.40. The van der Waals surface area contributed by atoms with Gasteiger partial charge in [0.05, 0.1) is 33.3 Å². The highest BCUT2D eigenvalue weighted by Crippen LogP contribution is 2.41. The van der Waals surface area contributed by atoms with E-state index in [0.29, 0.717) is 5.95 Å². The number of hydrogen-bond donors (Lipinski definition) is 0. The van der Waals surface area contributed by atoms with Gasteiger partial charge in [-0.15, -0.1) is 0 Å². The standard InChI is InChI=1S/C50H30N4/c1-2-13-34-29-35(22-21-31(34)11-1)48-40-16-5-8-18-43(40)51-50(52-48)54-45-20-10-7-17-41(45)47-42-30-36(26-23-33(42)25-28-46(47)54)53-44-19-9-6-15-38(44)39-27-24-32-12-3-4-14-37(32)49(39)53/h1-30H. The molecule has 0 saturated heterocycles. The molecule has 0 unspecified atom stereocenters. The molecule has 54 heavy (non-hydrogen) atoms. The molecule has 12 aromatic rings. The molecular weight excluding hydrogens is 657 g/mol. The Kier molecular flexibility index (Phi) is 6.02. The lowest BCUT2D eigenvalue weighted by molar-refractivity contribution is 1.01. The molecule has 0 amide bonds. The first-order valence-corrected chi connectivity index (χ1v) is 18.4. The second-order valence-corrected chi connectivity index (χ2v) is 14.2. The molecular formula is C50H30N4. The zero-order valence-corrected chi connectivity index (χ0v) is 29.1. The van der Waals surface area contributed by atoms with Crippen molar-refractivity contribution in [1.29, 1.82) is 0 Å². The lowest BCUT2D eigenvalue weighted by Crippen LogP contribution is -2.03. The first-order chi connectivity index (χ1) is 26.8. The first kappa shape index (κ1) is 29.3. The highest BCUT2D eigenvalue weighted by atomic mass is 15.2. The van der Waals surface area contributed by atoms with Crippen molar-refractivity contribution in [2.75, 3.05) is 0 Å². The number of benzene rings is 9. The zero-order chi connectivity index (χ0) is 35.3. The van der Waals surface area contributed by atoms with Gasteiger partial charge in [-0.1, -0.05) is 140 Å². The van der Waals surface area contributed by atoms with Crippen molar-refractivity contribution >= 4 is 86.8 Å². The fraction of sp³-hybridized carbons (Fsp3) is 0. The van der Waals surface area contributed by atoms with E-state index in [-0.39, 0.29) is 0 Å². The lowest BCUT2D eigenvalue weighted by atomic mass is 10.0. The summed E-state index contributed by atoms with van der Waals surface area (Å²) in [6.45, 7) is 0. The molecule has 0 radical (unpaired) electrons. The van der Waals surface area contributed by atoms with Gasteiger partial charge in [-0.2, -0.15) is 0 Å². The van der Waals surface area contributed by atoms with E-state index >= 15 is 0 Å². The van der Waals surface area contributed by atoms with E-state index < -0.39 is 0 Å². The van der Waals surface area contributed by atoms with Gasteiger partial charge in [0.15, 0.2) is 0 Å². The molecule has 0 saturated carbocycles. The van der Waals surface area contributed by atoms with Gasteiger partial charge in [-0.05, 0) is 69.4 Å². The van der Waals surface area contributed by atoms with Crippen LogP contribution in [-0.4, -0.2) is 19.1 Å². The van der Waals surface area contributed by atoms with Crippen LogP contribution in [0.1, 0.15) is 0 Å². The number of fused-ring (bicyclic) bond motifs is 12. The van der Waals surface area contributed by atoms with Crippen molar-refractivity contribution in [1.82, 2.24) is 19.1 Å². The van der Waals surface area contributed by atoms with E-state index in [9.17, 15) is 0 Å². The summed E-state index contributed by atoms with van der Waals surface area (Å²) in [6, 6.07) is 65.5. The topological polar surface area (TPSA) is 35.6 Å². The first-order valence-electron chi connectivity index (χ1n) is 18.4. The molecule has 4 heteroatoms. The second-order valence-electron chi connectivity index (χ2n) is 14.2. The van der Waals surface area contributed by atoms with Gasteiger partial charge < -0.3 is 4.57 Å². The maximum Gasteiger partial charge on any atom is 0.235 e. The van der Waals surface area contributed by atoms with Crippen LogP contribution in [0.4, 0.5) is 0 Å². The summed E-state index contributed by atoms with van der Waals surface area (Å²) in [4.78, 5) is 10.7. The largest absolute Gasteiger partial charge is 0.309 e. The molecule has 4 nitrogen and oxygen atoms in total. The van der Waals surface area contributed by atoms with Crippen molar-refractivity contribution < 1.29 is 0 Å². The van der Waals surface area contributed by atoms with Gasteiger partial charge in [-0.3, -0.25) is 4.57 Å². The van der Waals surface area contributed by atoms with Crippen LogP contribution in [0.5, 0.6) is 0 Å². The molecule has 0 aliphatic carbocycles. The number of rotatable bonds is 3. The predicted octanol–water partition coefficient (Wildman–Crippen LogP) is 13.0. The van der Waals surface area contributed by atoms with Crippen molar-refractivity contribution in [3.63, 3.8) is 0 Å². The van der Waals surface area contributed by atoms with Gasteiger partial charge in [0, 0.05) is 43.6 Å². The Morgan fingerprint density at radius 3 is 1.85 bits per heavy atom. The molecule has 0 atom stereocenters. The van der Waals surface area contributed by atoms with Gasteiger partial charge in [0.1, 0.15) is 0 Å². The van der Waals surface area contributed by atoms with Crippen LogP contribution >= 0.6 is 0 Å². The average Bonchev–Trinajstić information content (AvgIpc) is 3.76. The third kappa shape index (κ3) is 4.13. The van der Waals surface area contributed by atoms with E-state index in [1.165, 1.54) is 64.9 Å². The van der Waals surface area contributed by atoms with Crippen LogP contribution in [0.15, 0.2) is 182 Å². The minimum Gasteiger partial charge on any atom is -0.309 e. The van der Waals surface area contributed by atoms with Crippen molar-refractivity contribution in [2.24, 2.45) is 0 Å². The monoisotopic (exact) mass is 686 g/mol. The van der Waals surface area contributed by atoms with Crippen molar-refractivity contribution in [2.45, 2.75) is 0 Å². The number of hydrogen-bond acceptors (Lipinski definition) is 2. The number of aromatic nitrogens is 4. The Balaban J connectivity index is 1.15. The SMILES string of the molecule is c1ccc2cc(-c3nc(-n4c5ccccc5c5c6cc(-n7c8ccccc8c8ccc9ccccc9c87)ccc6ccc54)nc4ccccc34)ccc2c1. The Morgan fingerprint density at radius 2 is 0.981 bits per heavy atom. The summed E-state index contributed by atoms with van der Waals surface area (Å²) in [6.07, 6.45) is 0. The molecule has 250 valence electrons. The van der Waals surface area contributed by atoms with E-state index in [4.69, 9.17) is 9.97 Å². The molecule has 0 spiro atoms. The molecule has 0 aliphatic heterocycles. The molecule has 0 N–H and O–H groups in total. The lowest BCUT2D eigenvalue weighted by Gasteiger charge is -2.13. The molecule has 0 bridgehead atoms. The quantitative estimate of drug-likeness (QED) is 0.185. The van der Waals surface area contributed by atoms with E-state index in [1.807, 2.05) is 0 Å². The van der Waals surface area contributed by atoms with Gasteiger partial charge in [0.2, 0.25) is 5.95 Å². The Bertz CT molecular complexity index is 3510. The number of para-hydroxylation sites is 3. The molecule has 3 heterocycles. The normalized spacial score (nSPS) is 12.1. The minimum absolute atomic E-state index is 0.660. The molecule has 0 aliphatic rings. The smallest absolute Gasteiger partial charge is 0.235 e.